The quantitative estimate of drug-likeness (QED) is 0.374. The van der Waals surface area contributed by atoms with Gasteiger partial charge in [0.15, 0.2) is 0 Å². The smallest absolute Gasteiger partial charge is 0.345 e. The Hall–Kier alpha value is -2.54. The molecule has 0 aliphatic carbocycles. The Morgan fingerprint density at radius 3 is 2.38 bits per heavy atom. The van der Waals surface area contributed by atoms with Crippen LogP contribution in [0.25, 0.3) is 0 Å². The predicted molar refractivity (Wildman–Crippen MR) is 69.4 cm³/mol. The maximum atomic E-state index is 13.1. The number of nitro groups is 1. The van der Waals surface area contributed by atoms with E-state index in [9.17, 15) is 23.7 Å². The van der Waals surface area contributed by atoms with Crippen LogP contribution in [0.4, 0.5) is 14.5 Å². The van der Waals surface area contributed by atoms with E-state index in [0.717, 1.165) is 30.3 Å². The summed E-state index contributed by atoms with van der Waals surface area (Å²) < 4.78 is 30.8. The van der Waals surface area contributed by atoms with E-state index >= 15 is 0 Å². The highest BCUT2D eigenvalue weighted by Gasteiger charge is 2.21. The number of ether oxygens (including phenoxy) is 1. The standard InChI is InChI=1S/C13H6ClF2NO4/c14-10-5-7(15)1-3-9(10)13(18)21-12-6-8(16)2-4-11(12)17(19)20/h1-6H. The molecular weight excluding hydrogens is 308 g/mol. The van der Waals surface area contributed by atoms with E-state index in [-0.39, 0.29) is 10.6 Å². The van der Waals surface area contributed by atoms with E-state index in [4.69, 9.17) is 16.3 Å². The first-order chi connectivity index (χ1) is 9.88. The number of hydrogen-bond acceptors (Lipinski definition) is 4. The topological polar surface area (TPSA) is 69.4 Å². The fourth-order valence-electron chi connectivity index (χ4n) is 1.53. The highest BCUT2D eigenvalue weighted by atomic mass is 35.5. The minimum absolute atomic E-state index is 0.198. The second-order valence-corrected chi connectivity index (χ2v) is 4.29. The van der Waals surface area contributed by atoms with Crippen LogP contribution in [0.2, 0.25) is 5.02 Å². The third-order valence-electron chi connectivity index (χ3n) is 2.47. The van der Waals surface area contributed by atoms with Crippen LogP contribution in [-0.2, 0) is 0 Å². The molecule has 2 aromatic rings. The molecule has 2 rings (SSSR count). The number of nitrogens with zero attached hydrogens (tertiary/aromatic N) is 1. The lowest BCUT2D eigenvalue weighted by atomic mass is 10.2. The Morgan fingerprint density at radius 1 is 1.14 bits per heavy atom. The molecule has 8 heteroatoms. The zero-order valence-electron chi connectivity index (χ0n) is 10.2. The molecule has 0 aliphatic heterocycles. The summed E-state index contributed by atoms with van der Waals surface area (Å²) in [6.45, 7) is 0. The second kappa shape index (κ2) is 5.84. The van der Waals surface area contributed by atoms with Gasteiger partial charge in [-0.05, 0) is 24.3 Å². The SMILES string of the molecule is O=C(Oc1cc(F)ccc1[N+](=O)[O-])c1ccc(F)cc1Cl. The lowest BCUT2D eigenvalue weighted by Crippen LogP contribution is -2.10. The van der Waals surface area contributed by atoms with Crippen molar-refractivity contribution >= 4 is 23.3 Å². The van der Waals surface area contributed by atoms with E-state index < -0.39 is 34.0 Å². The van der Waals surface area contributed by atoms with Crippen LogP contribution in [0, 0.1) is 21.7 Å². The van der Waals surface area contributed by atoms with Crippen LogP contribution >= 0.6 is 11.6 Å². The summed E-state index contributed by atoms with van der Waals surface area (Å²) in [5.74, 6) is -3.10. The fraction of sp³-hybridized carbons (Fsp3) is 0. The molecule has 0 radical (unpaired) electrons. The van der Waals surface area contributed by atoms with Crippen molar-refractivity contribution in [2.75, 3.05) is 0 Å². The van der Waals surface area contributed by atoms with Crippen molar-refractivity contribution < 1.29 is 23.2 Å². The highest BCUT2D eigenvalue weighted by molar-refractivity contribution is 6.33. The van der Waals surface area contributed by atoms with Crippen molar-refractivity contribution in [1.82, 2.24) is 0 Å². The minimum Gasteiger partial charge on any atom is -0.415 e. The molecule has 0 N–H and O–H groups in total. The van der Waals surface area contributed by atoms with E-state index in [2.05, 4.69) is 0 Å². The first kappa shape index (κ1) is 14.9. The maximum absolute atomic E-state index is 13.1. The van der Waals surface area contributed by atoms with Gasteiger partial charge in [-0.15, -0.1) is 0 Å². The summed E-state index contributed by atoms with van der Waals surface area (Å²) in [6.07, 6.45) is 0. The van der Waals surface area contributed by atoms with Gasteiger partial charge in [0.25, 0.3) is 0 Å². The van der Waals surface area contributed by atoms with E-state index in [1.165, 1.54) is 0 Å². The van der Waals surface area contributed by atoms with Gasteiger partial charge in [0.1, 0.15) is 11.6 Å². The summed E-state index contributed by atoms with van der Waals surface area (Å²) in [6, 6.07) is 5.35. The number of carbonyl (C=O) groups is 1. The Bertz CT molecular complexity index is 736. The molecule has 0 saturated carbocycles. The molecule has 5 nitrogen and oxygen atoms in total. The minimum atomic E-state index is -1.06. The van der Waals surface area contributed by atoms with Crippen LogP contribution in [0.3, 0.4) is 0 Å². The lowest BCUT2D eigenvalue weighted by molar-refractivity contribution is -0.385. The first-order valence-electron chi connectivity index (χ1n) is 5.49. The summed E-state index contributed by atoms with van der Waals surface area (Å²) in [5.41, 5.74) is -0.778. The molecule has 0 fully saturated rings. The molecular formula is C13H6ClF2NO4. The van der Waals surface area contributed by atoms with Gasteiger partial charge < -0.3 is 4.74 Å². The number of benzene rings is 2. The van der Waals surface area contributed by atoms with Crippen molar-refractivity contribution in [3.8, 4) is 5.75 Å². The Balaban J connectivity index is 2.35. The van der Waals surface area contributed by atoms with Crippen molar-refractivity contribution in [3.63, 3.8) is 0 Å². The average Bonchev–Trinajstić information content (AvgIpc) is 2.37. The number of halogens is 3. The molecule has 0 atom stereocenters. The molecule has 0 saturated heterocycles. The Labute approximate surface area is 121 Å². The van der Waals surface area contributed by atoms with Gasteiger partial charge in [0.05, 0.1) is 15.5 Å². The van der Waals surface area contributed by atoms with Crippen LogP contribution in [0.15, 0.2) is 36.4 Å². The number of rotatable bonds is 3. The Kier molecular flexibility index (Phi) is 4.13. The zero-order valence-corrected chi connectivity index (χ0v) is 10.9. The third kappa shape index (κ3) is 3.32. The van der Waals surface area contributed by atoms with Crippen LogP contribution in [0.5, 0.6) is 5.75 Å². The van der Waals surface area contributed by atoms with Gasteiger partial charge >= 0.3 is 11.7 Å². The summed E-state index contributed by atoms with van der Waals surface area (Å²) in [7, 11) is 0. The maximum Gasteiger partial charge on any atom is 0.345 e. The van der Waals surface area contributed by atoms with Gasteiger partial charge in [-0.25, -0.2) is 13.6 Å². The predicted octanol–water partition coefficient (Wildman–Crippen LogP) is 3.75. The number of esters is 1. The third-order valence-corrected chi connectivity index (χ3v) is 2.78. The summed E-state index contributed by atoms with van der Waals surface area (Å²) in [4.78, 5) is 21.8. The number of nitro benzene ring substituents is 1. The van der Waals surface area contributed by atoms with Crippen molar-refractivity contribution in [2.24, 2.45) is 0 Å². The molecule has 21 heavy (non-hydrogen) atoms. The van der Waals surface area contributed by atoms with E-state index in [1.807, 2.05) is 0 Å². The zero-order chi connectivity index (χ0) is 15.6. The fourth-order valence-corrected chi connectivity index (χ4v) is 1.77. The first-order valence-corrected chi connectivity index (χ1v) is 5.87. The van der Waals surface area contributed by atoms with Gasteiger partial charge in [-0.1, -0.05) is 11.6 Å². The largest absolute Gasteiger partial charge is 0.415 e. The van der Waals surface area contributed by atoms with Crippen LogP contribution in [0.1, 0.15) is 10.4 Å². The molecule has 0 amide bonds. The molecule has 0 unspecified atom stereocenters. The second-order valence-electron chi connectivity index (χ2n) is 3.88. The van der Waals surface area contributed by atoms with Crippen LogP contribution < -0.4 is 4.74 Å². The Morgan fingerprint density at radius 2 is 1.76 bits per heavy atom. The van der Waals surface area contributed by atoms with Gasteiger partial charge in [0, 0.05) is 12.1 Å². The molecule has 0 aromatic heterocycles. The van der Waals surface area contributed by atoms with Gasteiger partial charge in [0.2, 0.25) is 5.75 Å². The van der Waals surface area contributed by atoms with Crippen molar-refractivity contribution in [1.29, 1.82) is 0 Å². The summed E-state index contributed by atoms with van der Waals surface area (Å²) in [5, 5.41) is 10.6. The van der Waals surface area contributed by atoms with Crippen LogP contribution in [-0.4, -0.2) is 10.9 Å². The number of hydrogen-bond donors (Lipinski definition) is 0. The molecule has 2 aromatic carbocycles. The van der Waals surface area contributed by atoms with E-state index in [0.29, 0.717) is 6.07 Å². The van der Waals surface area contributed by atoms with Crippen molar-refractivity contribution in [3.05, 3.63) is 68.7 Å². The highest BCUT2D eigenvalue weighted by Crippen LogP contribution is 2.29. The molecule has 108 valence electrons. The van der Waals surface area contributed by atoms with Crippen molar-refractivity contribution in [2.45, 2.75) is 0 Å². The molecule has 0 heterocycles. The van der Waals surface area contributed by atoms with Gasteiger partial charge in [-0.3, -0.25) is 10.1 Å². The molecule has 0 aliphatic rings. The molecule has 0 spiro atoms. The number of carbonyl (C=O) groups excluding carboxylic acids is 1. The normalized spacial score (nSPS) is 10.2. The van der Waals surface area contributed by atoms with E-state index in [1.54, 1.807) is 0 Å². The van der Waals surface area contributed by atoms with Gasteiger partial charge in [-0.2, -0.15) is 0 Å². The lowest BCUT2D eigenvalue weighted by Gasteiger charge is -2.06. The molecule has 0 bridgehead atoms. The average molecular weight is 314 g/mol. The monoisotopic (exact) mass is 313 g/mol. The summed E-state index contributed by atoms with van der Waals surface area (Å²) >= 11 is 5.68.